The third-order valence-corrected chi connectivity index (χ3v) is 2.99. The van der Waals surface area contributed by atoms with Gasteiger partial charge < -0.3 is 15.5 Å². The van der Waals surface area contributed by atoms with Crippen LogP contribution in [-0.2, 0) is 6.54 Å². The first kappa shape index (κ1) is 11.7. The molecule has 3 aromatic rings. The van der Waals surface area contributed by atoms with E-state index in [0.29, 0.717) is 6.54 Å². The van der Waals surface area contributed by atoms with Gasteiger partial charge in [0.2, 0.25) is 0 Å². The molecule has 96 valence electrons. The molecule has 5 nitrogen and oxygen atoms in total. The molecule has 2 heterocycles. The summed E-state index contributed by atoms with van der Waals surface area (Å²) in [6.07, 6.45) is 1.77. The number of hydrogen-bond acceptors (Lipinski definition) is 4. The summed E-state index contributed by atoms with van der Waals surface area (Å²) < 4.78 is 5.19. The fourth-order valence-corrected chi connectivity index (χ4v) is 1.92. The number of fused-ring (bicyclic) bond motifs is 1. The van der Waals surface area contributed by atoms with E-state index >= 15 is 0 Å². The molecular formula is C14H14N4O. The maximum atomic E-state index is 5.55. The summed E-state index contributed by atoms with van der Waals surface area (Å²) in [4.78, 5) is 12.1. The lowest BCUT2D eigenvalue weighted by molar-refractivity contribution is 0.415. The number of nitrogens with two attached hydrogens (primary N) is 1. The predicted octanol–water partition coefficient (Wildman–Crippen LogP) is 2.09. The highest BCUT2D eigenvalue weighted by molar-refractivity contribution is 5.80. The highest BCUT2D eigenvalue weighted by Crippen LogP contribution is 2.22. The van der Waals surface area contributed by atoms with Crippen LogP contribution in [0.2, 0.25) is 0 Å². The predicted molar refractivity (Wildman–Crippen MR) is 73.8 cm³/mol. The Morgan fingerprint density at radius 1 is 1.26 bits per heavy atom. The molecule has 19 heavy (non-hydrogen) atoms. The second-order valence-corrected chi connectivity index (χ2v) is 4.22. The summed E-state index contributed by atoms with van der Waals surface area (Å²) >= 11 is 0. The largest absolute Gasteiger partial charge is 0.497 e. The van der Waals surface area contributed by atoms with Gasteiger partial charge in [0.15, 0.2) is 5.82 Å². The zero-order valence-corrected chi connectivity index (χ0v) is 10.6. The Labute approximate surface area is 110 Å². The van der Waals surface area contributed by atoms with Crippen molar-refractivity contribution in [2.75, 3.05) is 7.11 Å². The Kier molecular flexibility index (Phi) is 2.89. The summed E-state index contributed by atoms with van der Waals surface area (Å²) in [7, 11) is 1.64. The van der Waals surface area contributed by atoms with E-state index in [1.807, 2.05) is 30.3 Å². The minimum absolute atomic E-state index is 0.491. The average molecular weight is 254 g/mol. The van der Waals surface area contributed by atoms with E-state index in [0.717, 1.165) is 33.9 Å². The Bertz CT molecular complexity index is 703. The monoisotopic (exact) mass is 254 g/mol. The van der Waals surface area contributed by atoms with Crippen LogP contribution in [0.1, 0.15) is 5.56 Å². The van der Waals surface area contributed by atoms with E-state index in [1.165, 1.54) is 0 Å². The minimum Gasteiger partial charge on any atom is -0.497 e. The van der Waals surface area contributed by atoms with Gasteiger partial charge in [-0.15, -0.1) is 0 Å². The van der Waals surface area contributed by atoms with Gasteiger partial charge in [-0.2, -0.15) is 0 Å². The number of imidazole rings is 1. The molecule has 0 fully saturated rings. The van der Waals surface area contributed by atoms with Crippen LogP contribution in [0.15, 0.2) is 36.5 Å². The molecule has 0 saturated heterocycles. The van der Waals surface area contributed by atoms with Crippen molar-refractivity contribution < 1.29 is 4.74 Å². The van der Waals surface area contributed by atoms with Gasteiger partial charge >= 0.3 is 0 Å². The number of ether oxygens (including phenoxy) is 1. The van der Waals surface area contributed by atoms with Crippen LogP contribution in [-0.4, -0.2) is 22.1 Å². The van der Waals surface area contributed by atoms with Gasteiger partial charge in [0.25, 0.3) is 0 Å². The van der Waals surface area contributed by atoms with Crippen LogP contribution >= 0.6 is 0 Å². The summed E-state index contributed by atoms with van der Waals surface area (Å²) in [5.41, 5.74) is 9.17. The molecule has 0 aliphatic heterocycles. The van der Waals surface area contributed by atoms with Crippen molar-refractivity contribution in [3.63, 3.8) is 0 Å². The number of methoxy groups -OCH3 is 1. The fourth-order valence-electron chi connectivity index (χ4n) is 1.92. The number of aromatic amines is 1. The Morgan fingerprint density at radius 3 is 2.84 bits per heavy atom. The maximum absolute atomic E-state index is 5.55. The number of nitrogens with one attached hydrogen (secondary N) is 1. The molecule has 0 saturated carbocycles. The van der Waals surface area contributed by atoms with Crippen LogP contribution in [0.25, 0.3) is 22.6 Å². The third kappa shape index (κ3) is 2.15. The molecular weight excluding hydrogens is 240 g/mol. The number of rotatable bonds is 3. The standard InChI is InChI=1S/C14H14N4O/c1-19-10-3-5-11-13(6-10)18-14(17-11)12-4-2-9(7-15)8-16-12/h2-6,8H,7,15H2,1H3,(H,17,18). The zero-order valence-electron chi connectivity index (χ0n) is 10.6. The van der Waals surface area contributed by atoms with Crippen molar-refractivity contribution in [3.05, 3.63) is 42.1 Å². The SMILES string of the molecule is COc1ccc2nc(-c3ccc(CN)cn3)[nH]c2c1. The van der Waals surface area contributed by atoms with E-state index in [9.17, 15) is 0 Å². The van der Waals surface area contributed by atoms with Gasteiger partial charge in [0.05, 0.1) is 18.1 Å². The van der Waals surface area contributed by atoms with Gasteiger partial charge in [-0.1, -0.05) is 6.07 Å². The smallest absolute Gasteiger partial charge is 0.157 e. The Morgan fingerprint density at radius 2 is 2.16 bits per heavy atom. The van der Waals surface area contributed by atoms with Crippen LogP contribution < -0.4 is 10.5 Å². The molecule has 0 bridgehead atoms. The highest BCUT2D eigenvalue weighted by Gasteiger charge is 2.07. The number of aromatic nitrogens is 3. The quantitative estimate of drug-likeness (QED) is 0.750. The molecule has 5 heteroatoms. The van der Waals surface area contributed by atoms with Gasteiger partial charge in [-0.05, 0) is 23.8 Å². The van der Waals surface area contributed by atoms with E-state index < -0.39 is 0 Å². The zero-order chi connectivity index (χ0) is 13.2. The molecule has 2 aromatic heterocycles. The number of hydrogen-bond donors (Lipinski definition) is 2. The molecule has 0 radical (unpaired) electrons. The summed E-state index contributed by atoms with van der Waals surface area (Å²) in [6, 6.07) is 9.59. The van der Waals surface area contributed by atoms with Gasteiger partial charge in [-0.3, -0.25) is 4.98 Å². The van der Waals surface area contributed by atoms with Gasteiger partial charge in [0.1, 0.15) is 11.4 Å². The number of nitrogens with zero attached hydrogens (tertiary/aromatic N) is 2. The first-order valence-corrected chi connectivity index (χ1v) is 5.99. The van der Waals surface area contributed by atoms with Crippen molar-refractivity contribution in [1.82, 2.24) is 15.0 Å². The van der Waals surface area contributed by atoms with Crippen molar-refractivity contribution in [3.8, 4) is 17.3 Å². The minimum atomic E-state index is 0.491. The van der Waals surface area contributed by atoms with Crippen LogP contribution in [0.4, 0.5) is 0 Å². The second-order valence-electron chi connectivity index (χ2n) is 4.22. The van der Waals surface area contributed by atoms with Crippen molar-refractivity contribution in [2.45, 2.75) is 6.54 Å². The van der Waals surface area contributed by atoms with E-state index in [1.54, 1.807) is 13.3 Å². The van der Waals surface area contributed by atoms with Crippen molar-refractivity contribution in [2.24, 2.45) is 5.73 Å². The second kappa shape index (κ2) is 4.70. The third-order valence-electron chi connectivity index (χ3n) is 2.99. The maximum Gasteiger partial charge on any atom is 0.157 e. The molecule has 1 aromatic carbocycles. The molecule has 0 aliphatic carbocycles. The molecule has 3 rings (SSSR count). The summed E-state index contributed by atoms with van der Waals surface area (Å²) in [6.45, 7) is 0.491. The topological polar surface area (TPSA) is 76.8 Å². The van der Waals surface area contributed by atoms with Crippen molar-refractivity contribution in [1.29, 1.82) is 0 Å². The molecule has 0 aliphatic rings. The van der Waals surface area contributed by atoms with Crippen molar-refractivity contribution >= 4 is 11.0 Å². The molecule has 0 unspecified atom stereocenters. The van der Waals surface area contributed by atoms with Crippen LogP contribution in [0, 0.1) is 0 Å². The van der Waals surface area contributed by atoms with Crippen LogP contribution in [0.5, 0.6) is 5.75 Å². The molecule has 0 atom stereocenters. The lowest BCUT2D eigenvalue weighted by Crippen LogP contribution is -1.97. The van der Waals surface area contributed by atoms with E-state index in [2.05, 4.69) is 15.0 Å². The normalized spacial score (nSPS) is 10.8. The van der Waals surface area contributed by atoms with Gasteiger partial charge in [-0.25, -0.2) is 4.98 Å². The first-order valence-electron chi connectivity index (χ1n) is 5.99. The lowest BCUT2D eigenvalue weighted by atomic mass is 10.2. The van der Waals surface area contributed by atoms with Gasteiger partial charge in [0, 0.05) is 18.8 Å². The van der Waals surface area contributed by atoms with E-state index in [4.69, 9.17) is 10.5 Å². The number of H-pyrrole nitrogens is 1. The highest BCUT2D eigenvalue weighted by atomic mass is 16.5. The lowest BCUT2D eigenvalue weighted by Gasteiger charge is -1.98. The summed E-state index contributed by atoms with van der Waals surface area (Å²) in [5.74, 6) is 1.54. The summed E-state index contributed by atoms with van der Waals surface area (Å²) in [5, 5.41) is 0. The number of benzene rings is 1. The molecule has 0 amide bonds. The Balaban J connectivity index is 2.04. The molecule has 3 N–H and O–H groups in total. The Hall–Kier alpha value is -2.40. The first-order chi connectivity index (χ1) is 9.30. The number of pyridine rings is 1. The van der Waals surface area contributed by atoms with Crippen LogP contribution in [0.3, 0.4) is 0 Å². The molecule has 0 spiro atoms. The van der Waals surface area contributed by atoms with E-state index in [-0.39, 0.29) is 0 Å². The fraction of sp³-hybridized carbons (Fsp3) is 0.143. The average Bonchev–Trinajstić information content (AvgIpc) is 2.90.